The summed E-state index contributed by atoms with van der Waals surface area (Å²) in [6.07, 6.45) is 5.67. The van der Waals surface area contributed by atoms with Gasteiger partial charge in [0.05, 0.1) is 17.7 Å². The van der Waals surface area contributed by atoms with E-state index in [1.54, 1.807) is 29.2 Å². The van der Waals surface area contributed by atoms with Gasteiger partial charge in [0, 0.05) is 38.2 Å². The number of piperidine rings is 1. The molecule has 2 aliphatic rings. The number of carbonyl (C=O) groups is 2. The topological polar surface area (TPSA) is 99.9 Å². The predicted molar refractivity (Wildman–Crippen MR) is 115 cm³/mol. The number of anilines is 1. The molecule has 0 aliphatic carbocycles. The summed E-state index contributed by atoms with van der Waals surface area (Å²) in [5.41, 5.74) is 1.54. The van der Waals surface area contributed by atoms with Crippen molar-refractivity contribution in [3.8, 4) is 0 Å². The summed E-state index contributed by atoms with van der Waals surface area (Å²) in [5, 5.41) is 0. The molecule has 0 bridgehead atoms. The van der Waals surface area contributed by atoms with E-state index in [2.05, 4.69) is 4.72 Å². The van der Waals surface area contributed by atoms with Gasteiger partial charge in [-0.25, -0.2) is 13.1 Å². The van der Waals surface area contributed by atoms with E-state index >= 15 is 0 Å². The number of likely N-dealkylation sites (tertiary alicyclic amines) is 1. The molecule has 1 aromatic carbocycles. The number of carbonyl (C=O) groups excluding carboxylic acids is 2. The molecule has 1 N–H and O–H groups in total. The Morgan fingerprint density at radius 2 is 1.77 bits per heavy atom. The van der Waals surface area contributed by atoms with Crippen LogP contribution in [0.4, 0.5) is 5.69 Å². The van der Waals surface area contributed by atoms with E-state index in [9.17, 15) is 18.0 Å². The van der Waals surface area contributed by atoms with E-state index in [0.717, 1.165) is 43.6 Å². The molecular weight excluding hydrogens is 418 g/mol. The van der Waals surface area contributed by atoms with Gasteiger partial charge >= 0.3 is 0 Å². The molecule has 1 saturated heterocycles. The van der Waals surface area contributed by atoms with Crippen LogP contribution in [0.2, 0.25) is 0 Å². The molecule has 0 spiro atoms. The number of amides is 2. The Balaban J connectivity index is 1.37. The first-order valence-corrected chi connectivity index (χ1v) is 12.2. The number of hydrogen-bond donors (Lipinski definition) is 1. The van der Waals surface area contributed by atoms with E-state index in [1.807, 2.05) is 4.90 Å². The van der Waals surface area contributed by atoms with Gasteiger partial charge in [0.25, 0.3) is 0 Å². The van der Waals surface area contributed by atoms with E-state index in [0.29, 0.717) is 18.7 Å². The van der Waals surface area contributed by atoms with Crippen molar-refractivity contribution in [3.63, 3.8) is 0 Å². The Hall–Kier alpha value is -2.65. The van der Waals surface area contributed by atoms with Gasteiger partial charge in [-0.2, -0.15) is 0 Å². The highest BCUT2D eigenvalue weighted by atomic mass is 32.2. The molecule has 0 radical (unpaired) electrons. The monoisotopic (exact) mass is 445 g/mol. The molecule has 1 fully saturated rings. The third-order valence-electron chi connectivity index (χ3n) is 5.84. The van der Waals surface area contributed by atoms with Crippen molar-refractivity contribution >= 4 is 27.5 Å². The summed E-state index contributed by atoms with van der Waals surface area (Å²) in [4.78, 5) is 28.7. The van der Waals surface area contributed by atoms with Crippen LogP contribution in [0.25, 0.3) is 0 Å². The molecule has 0 saturated carbocycles. The van der Waals surface area contributed by atoms with Gasteiger partial charge in [-0.1, -0.05) is 0 Å². The Kier molecular flexibility index (Phi) is 6.43. The van der Waals surface area contributed by atoms with Crippen LogP contribution in [0.1, 0.15) is 43.4 Å². The molecule has 31 heavy (non-hydrogen) atoms. The lowest BCUT2D eigenvalue weighted by atomic mass is 10.1. The molecular formula is C22H27N3O5S. The minimum atomic E-state index is -3.69. The predicted octanol–water partition coefficient (Wildman–Crippen LogP) is 2.44. The van der Waals surface area contributed by atoms with Crippen molar-refractivity contribution in [1.29, 1.82) is 0 Å². The molecule has 2 aliphatic heterocycles. The highest BCUT2D eigenvalue weighted by Crippen LogP contribution is 2.31. The molecule has 9 heteroatoms. The maximum Gasteiger partial charge on any atom is 0.240 e. The molecule has 0 atom stereocenters. The first-order valence-electron chi connectivity index (χ1n) is 10.7. The summed E-state index contributed by atoms with van der Waals surface area (Å²) in [5.74, 6) is 0.466. The Bertz CT molecular complexity index is 1040. The number of rotatable bonds is 7. The number of furan rings is 1. The lowest BCUT2D eigenvalue weighted by Crippen LogP contribution is -2.37. The molecule has 4 rings (SSSR count). The number of nitrogens with one attached hydrogen (secondary N) is 1. The van der Waals surface area contributed by atoms with Crippen molar-refractivity contribution in [2.45, 2.75) is 50.0 Å². The summed E-state index contributed by atoms with van der Waals surface area (Å²) in [7, 11) is -3.69. The zero-order valence-electron chi connectivity index (χ0n) is 17.4. The van der Waals surface area contributed by atoms with Gasteiger partial charge in [-0.05, 0) is 61.6 Å². The third kappa shape index (κ3) is 4.99. The normalized spacial score (nSPS) is 16.4. The first-order chi connectivity index (χ1) is 14.9. The largest absolute Gasteiger partial charge is 0.468 e. The second-order valence-corrected chi connectivity index (χ2v) is 9.70. The summed E-state index contributed by atoms with van der Waals surface area (Å²) in [6, 6.07) is 8.20. The van der Waals surface area contributed by atoms with Gasteiger partial charge in [-0.3, -0.25) is 9.59 Å². The highest BCUT2D eigenvalue weighted by molar-refractivity contribution is 7.89. The van der Waals surface area contributed by atoms with Gasteiger partial charge in [0.15, 0.2) is 0 Å². The Labute approximate surface area is 182 Å². The van der Waals surface area contributed by atoms with Crippen LogP contribution < -0.4 is 9.62 Å². The molecule has 1 aromatic heterocycles. The van der Waals surface area contributed by atoms with Gasteiger partial charge in [0.2, 0.25) is 21.8 Å². The van der Waals surface area contributed by atoms with Crippen LogP contribution in [0.15, 0.2) is 45.9 Å². The Morgan fingerprint density at radius 3 is 2.52 bits per heavy atom. The standard InChI is InChI=1S/C22H27N3O5S/c26-21(24-11-2-1-3-12-24)8-9-22(27)25-13-10-17-15-19(6-7-20(17)25)31(28,29)23-16-18-5-4-14-30-18/h4-7,14-15,23H,1-3,8-13,16H2. The number of fused-ring (bicyclic) bond motifs is 1. The van der Waals surface area contributed by atoms with Crippen molar-refractivity contribution in [2.24, 2.45) is 0 Å². The van der Waals surface area contributed by atoms with Crippen LogP contribution in [0.3, 0.4) is 0 Å². The molecule has 2 amide bonds. The van der Waals surface area contributed by atoms with Gasteiger partial charge in [0.1, 0.15) is 5.76 Å². The van der Waals surface area contributed by atoms with Crippen molar-refractivity contribution in [1.82, 2.24) is 9.62 Å². The number of hydrogen-bond acceptors (Lipinski definition) is 5. The average molecular weight is 446 g/mol. The van der Waals surface area contributed by atoms with E-state index < -0.39 is 10.0 Å². The van der Waals surface area contributed by atoms with Crippen LogP contribution >= 0.6 is 0 Å². The fraction of sp³-hybridized carbons (Fsp3) is 0.455. The second kappa shape index (κ2) is 9.23. The molecule has 3 heterocycles. The molecule has 8 nitrogen and oxygen atoms in total. The quantitative estimate of drug-likeness (QED) is 0.706. The molecule has 2 aromatic rings. The van der Waals surface area contributed by atoms with Gasteiger partial charge < -0.3 is 14.2 Å². The SMILES string of the molecule is O=C(CCC(=O)N1CCc2cc(S(=O)(=O)NCc3ccco3)ccc21)N1CCCCC1. The van der Waals surface area contributed by atoms with Crippen LogP contribution in [-0.4, -0.2) is 44.8 Å². The maximum absolute atomic E-state index is 12.7. The van der Waals surface area contributed by atoms with Crippen molar-refractivity contribution in [3.05, 3.63) is 47.9 Å². The summed E-state index contributed by atoms with van der Waals surface area (Å²) < 4.78 is 32.9. The van der Waals surface area contributed by atoms with E-state index in [-0.39, 0.29) is 36.1 Å². The fourth-order valence-corrected chi connectivity index (χ4v) is 5.16. The number of sulfonamides is 1. The summed E-state index contributed by atoms with van der Waals surface area (Å²) >= 11 is 0. The van der Waals surface area contributed by atoms with E-state index in [4.69, 9.17) is 4.42 Å². The van der Waals surface area contributed by atoms with Gasteiger partial charge in [-0.15, -0.1) is 0 Å². The smallest absolute Gasteiger partial charge is 0.240 e. The van der Waals surface area contributed by atoms with Crippen molar-refractivity contribution in [2.75, 3.05) is 24.5 Å². The average Bonchev–Trinajstić information content (AvgIpc) is 3.46. The zero-order chi connectivity index (χ0) is 21.8. The summed E-state index contributed by atoms with van der Waals surface area (Å²) in [6.45, 7) is 2.13. The maximum atomic E-state index is 12.7. The zero-order valence-corrected chi connectivity index (χ0v) is 18.2. The lowest BCUT2D eigenvalue weighted by Gasteiger charge is -2.27. The minimum absolute atomic E-state index is 0.0385. The molecule has 166 valence electrons. The number of benzene rings is 1. The van der Waals surface area contributed by atoms with Crippen LogP contribution in [-0.2, 0) is 32.6 Å². The lowest BCUT2D eigenvalue weighted by molar-refractivity contribution is -0.133. The van der Waals surface area contributed by atoms with Crippen LogP contribution in [0, 0.1) is 0 Å². The highest BCUT2D eigenvalue weighted by Gasteiger charge is 2.27. The van der Waals surface area contributed by atoms with Crippen molar-refractivity contribution < 1.29 is 22.4 Å². The van der Waals surface area contributed by atoms with E-state index in [1.165, 1.54) is 12.3 Å². The second-order valence-electron chi connectivity index (χ2n) is 7.93. The third-order valence-corrected chi connectivity index (χ3v) is 7.23. The first kappa shape index (κ1) is 21.6. The fourth-order valence-electron chi connectivity index (χ4n) is 4.12. The minimum Gasteiger partial charge on any atom is -0.468 e. The Morgan fingerprint density at radius 1 is 1.00 bits per heavy atom. The van der Waals surface area contributed by atoms with Crippen LogP contribution in [0.5, 0.6) is 0 Å². The number of nitrogens with zero attached hydrogens (tertiary/aromatic N) is 2. The molecule has 0 unspecified atom stereocenters.